The van der Waals surface area contributed by atoms with E-state index in [1.807, 2.05) is 13.8 Å². The molecule has 0 radical (unpaired) electrons. The molecule has 3 aromatic rings. The number of carbonyl (C=O) groups is 2. The summed E-state index contributed by atoms with van der Waals surface area (Å²) < 4.78 is 14.5. The van der Waals surface area contributed by atoms with E-state index in [-0.39, 0.29) is 36.3 Å². The monoisotopic (exact) mass is 410 g/mol. The zero-order chi connectivity index (χ0) is 21.8. The van der Waals surface area contributed by atoms with Crippen molar-refractivity contribution in [2.24, 2.45) is 0 Å². The first-order valence-corrected chi connectivity index (χ1v) is 9.53. The van der Waals surface area contributed by atoms with Gasteiger partial charge >= 0.3 is 0 Å². The fourth-order valence-electron chi connectivity index (χ4n) is 2.86. The lowest BCUT2D eigenvalue weighted by Gasteiger charge is -2.21. The Hall–Kier alpha value is -3.55. The summed E-state index contributed by atoms with van der Waals surface area (Å²) >= 11 is 0. The highest BCUT2D eigenvalue weighted by molar-refractivity contribution is 5.94. The van der Waals surface area contributed by atoms with Crippen molar-refractivity contribution in [2.75, 3.05) is 7.05 Å². The van der Waals surface area contributed by atoms with E-state index in [9.17, 15) is 18.8 Å². The molecule has 156 valence electrons. The molecule has 0 saturated carbocycles. The first kappa shape index (κ1) is 21.2. The van der Waals surface area contributed by atoms with Crippen molar-refractivity contribution in [2.45, 2.75) is 33.0 Å². The van der Waals surface area contributed by atoms with Crippen LogP contribution in [-0.2, 0) is 17.9 Å². The van der Waals surface area contributed by atoms with Gasteiger partial charge in [-0.2, -0.15) is 0 Å². The van der Waals surface area contributed by atoms with Crippen molar-refractivity contribution < 1.29 is 14.0 Å². The molecular weight excluding hydrogens is 387 g/mol. The normalized spacial score (nSPS) is 11.0. The van der Waals surface area contributed by atoms with E-state index in [1.165, 1.54) is 18.5 Å². The number of carbonyl (C=O) groups excluding carboxylic acids is 2. The van der Waals surface area contributed by atoms with Gasteiger partial charge in [0.15, 0.2) is 0 Å². The Kier molecular flexibility index (Phi) is 6.25. The van der Waals surface area contributed by atoms with E-state index < -0.39 is 11.4 Å². The molecule has 8 heteroatoms. The Balaban J connectivity index is 1.62. The fraction of sp³-hybridized carbons (Fsp3) is 0.273. The van der Waals surface area contributed by atoms with Crippen molar-refractivity contribution in [3.63, 3.8) is 0 Å². The topological polar surface area (TPSA) is 84.3 Å². The molecule has 2 aromatic carbocycles. The first-order valence-electron chi connectivity index (χ1n) is 9.53. The molecule has 0 saturated heterocycles. The highest BCUT2D eigenvalue weighted by Crippen LogP contribution is 2.10. The highest BCUT2D eigenvalue weighted by atomic mass is 19.1. The second-order valence-corrected chi connectivity index (χ2v) is 7.32. The van der Waals surface area contributed by atoms with Crippen LogP contribution in [0, 0.1) is 5.82 Å². The zero-order valence-corrected chi connectivity index (χ0v) is 17.1. The molecule has 1 N–H and O–H groups in total. The summed E-state index contributed by atoms with van der Waals surface area (Å²) in [6.07, 6.45) is 1.27. The van der Waals surface area contributed by atoms with Crippen LogP contribution in [0.15, 0.2) is 53.6 Å². The zero-order valence-electron chi connectivity index (χ0n) is 17.1. The summed E-state index contributed by atoms with van der Waals surface area (Å²) in [7, 11) is 1.75. The van der Waals surface area contributed by atoms with Crippen LogP contribution in [0.1, 0.15) is 29.8 Å². The average Bonchev–Trinajstić information content (AvgIpc) is 2.74. The second-order valence-electron chi connectivity index (χ2n) is 7.32. The molecule has 0 aliphatic rings. The van der Waals surface area contributed by atoms with Gasteiger partial charge in [0.1, 0.15) is 12.4 Å². The molecule has 0 atom stereocenters. The van der Waals surface area contributed by atoms with Crippen LogP contribution in [0.3, 0.4) is 0 Å². The van der Waals surface area contributed by atoms with Gasteiger partial charge < -0.3 is 10.2 Å². The van der Waals surface area contributed by atoms with Crippen LogP contribution < -0.4 is 10.9 Å². The lowest BCUT2D eigenvalue weighted by atomic mass is 10.1. The standard InChI is InChI=1S/C22H23FN4O3/c1-14(2)26(3)21(29)16-6-4-15(5-7-16)11-24-20(28)12-27-13-25-19-9-8-17(23)10-18(19)22(27)30/h4-10,13-14H,11-12H2,1-3H3,(H,24,28). The SMILES string of the molecule is CC(C)N(C)C(=O)c1ccc(CNC(=O)Cn2cnc3ccc(F)cc3c2=O)cc1. The molecule has 0 aliphatic heterocycles. The third-order valence-electron chi connectivity index (χ3n) is 4.89. The minimum atomic E-state index is -0.537. The number of rotatable bonds is 6. The van der Waals surface area contributed by atoms with Crippen LogP contribution in [0.5, 0.6) is 0 Å². The van der Waals surface area contributed by atoms with Crippen LogP contribution in [0.4, 0.5) is 4.39 Å². The van der Waals surface area contributed by atoms with Gasteiger partial charge in [0.05, 0.1) is 17.2 Å². The molecule has 7 nitrogen and oxygen atoms in total. The Labute approximate surface area is 173 Å². The van der Waals surface area contributed by atoms with Gasteiger partial charge in [-0.15, -0.1) is 0 Å². The molecule has 0 aliphatic carbocycles. The van der Waals surface area contributed by atoms with E-state index in [0.717, 1.165) is 16.2 Å². The lowest BCUT2D eigenvalue weighted by molar-refractivity contribution is -0.121. The van der Waals surface area contributed by atoms with E-state index in [2.05, 4.69) is 10.3 Å². The maximum atomic E-state index is 13.4. The maximum Gasteiger partial charge on any atom is 0.261 e. The second kappa shape index (κ2) is 8.86. The minimum absolute atomic E-state index is 0.0693. The average molecular weight is 410 g/mol. The molecular formula is C22H23FN4O3. The summed E-state index contributed by atoms with van der Waals surface area (Å²) in [6, 6.07) is 10.8. The van der Waals surface area contributed by atoms with Crippen LogP contribution in [0.2, 0.25) is 0 Å². The number of fused-ring (bicyclic) bond motifs is 1. The van der Waals surface area contributed by atoms with Crippen LogP contribution >= 0.6 is 0 Å². The lowest BCUT2D eigenvalue weighted by Crippen LogP contribution is -2.33. The van der Waals surface area contributed by atoms with E-state index in [0.29, 0.717) is 11.1 Å². The Morgan fingerprint density at radius 1 is 1.17 bits per heavy atom. The maximum absolute atomic E-state index is 13.4. The number of nitrogens with zero attached hydrogens (tertiary/aromatic N) is 3. The van der Waals surface area contributed by atoms with Gasteiger partial charge in [-0.1, -0.05) is 12.1 Å². The van der Waals surface area contributed by atoms with Gasteiger partial charge in [0, 0.05) is 25.2 Å². The fourth-order valence-corrected chi connectivity index (χ4v) is 2.86. The summed E-state index contributed by atoms with van der Waals surface area (Å²) in [6.45, 7) is 3.90. The minimum Gasteiger partial charge on any atom is -0.350 e. The molecule has 0 unspecified atom stereocenters. The molecule has 0 spiro atoms. The molecule has 1 aromatic heterocycles. The molecule has 1 heterocycles. The Morgan fingerprint density at radius 2 is 1.87 bits per heavy atom. The van der Waals surface area contributed by atoms with Gasteiger partial charge in [0.25, 0.3) is 11.5 Å². The van der Waals surface area contributed by atoms with Gasteiger partial charge in [-0.25, -0.2) is 9.37 Å². The molecule has 2 amide bonds. The van der Waals surface area contributed by atoms with Crippen LogP contribution in [-0.4, -0.2) is 39.4 Å². The first-order chi connectivity index (χ1) is 14.3. The number of aromatic nitrogens is 2. The third kappa shape index (κ3) is 4.71. The Bertz CT molecular complexity index is 1140. The Morgan fingerprint density at radius 3 is 2.53 bits per heavy atom. The summed E-state index contributed by atoms with van der Waals surface area (Å²) in [5, 5.41) is 2.85. The van der Waals surface area contributed by atoms with Crippen molar-refractivity contribution in [1.29, 1.82) is 0 Å². The van der Waals surface area contributed by atoms with Crippen molar-refractivity contribution in [3.05, 3.63) is 76.1 Å². The number of benzene rings is 2. The number of hydrogen-bond acceptors (Lipinski definition) is 4. The number of nitrogens with one attached hydrogen (secondary N) is 1. The molecule has 0 fully saturated rings. The van der Waals surface area contributed by atoms with E-state index in [1.54, 1.807) is 36.2 Å². The number of hydrogen-bond donors (Lipinski definition) is 1. The van der Waals surface area contributed by atoms with Crippen molar-refractivity contribution in [1.82, 2.24) is 19.8 Å². The quantitative estimate of drug-likeness (QED) is 0.676. The smallest absolute Gasteiger partial charge is 0.261 e. The van der Waals surface area contributed by atoms with Crippen molar-refractivity contribution in [3.8, 4) is 0 Å². The predicted molar refractivity (Wildman–Crippen MR) is 111 cm³/mol. The van der Waals surface area contributed by atoms with Crippen molar-refractivity contribution >= 4 is 22.7 Å². The summed E-state index contributed by atoms with van der Waals surface area (Å²) in [5.41, 5.74) is 1.28. The van der Waals surface area contributed by atoms with E-state index >= 15 is 0 Å². The predicted octanol–water partition coefficient (Wildman–Crippen LogP) is 2.33. The molecule has 3 rings (SSSR count). The van der Waals surface area contributed by atoms with Gasteiger partial charge in [-0.05, 0) is 49.7 Å². The van der Waals surface area contributed by atoms with E-state index in [4.69, 9.17) is 0 Å². The largest absolute Gasteiger partial charge is 0.350 e. The molecule has 30 heavy (non-hydrogen) atoms. The molecule has 0 bridgehead atoms. The summed E-state index contributed by atoms with van der Waals surface area (Å²) in [5.74, 6) is -0.986. The summed E-state index contributed by atoms with van der Waals surface area (Å²) in [4.78, 5) is 42.7. The van der Waals surface area contributed by atoms with Gasteiger partial charge in [-0.3, -0.25) is 19.0 Å². The van der Waals surface area contributed by atoms with Gasteiger partial charge in [0.2, 0.25) is 5.91 Å². The van der Waals surface area contributed by atoms with Crippen LogP contribution in [0.25, 0.3) is 10.9 Å². The highest BCUT2D eigenvalue weighted by Gasteiger charge is 2.14. The third-order valence-corrected chi connectivity index (χ3v) is 4.89. The number of amides is 2. The number of halogens is 1.